The number of hydrogen-bond acceptors (Lipinski definition) is 8. The molecule has 3 aromatic rings. The molecule has 10 heteroatoms. The van der Waals surface area contributed by atoms with Crippen LogP contribution in [0.25, 0.3) is 16.8 Å². The molecule has 0 saturated carbocycles. The fraction of sp³-hybridized carbons (Fsp3) is 0.450. The van der Waals surface area contributed by atoms with Crippen molar-refractivity contribution in [2.24, 2.45) is 22.6 Å². The quantitative estimate of drug-likeness (QED) is 0.0471. The number of aldehydes is 2. The van der Waals surface area contributed by atoms with Crippen LogP contribution in [0.1, 0.15) is 86.8 Å². The molecule has 5 unspecified atom stereocenters. The molecule has 1 aromatic heterocycles. The van der Waals surface area contributed by atoms with Gasteiger partial charge in [-0.1, -0.05) is 62.1 Å². The van der Waals surface area contributed by atoms with Crippen LogP contribution in [0, 0.1) is 11.8 Å². The molecule has 2 aromatic carbocycles. The second kappa shape index (κ2) is 18.3. The van der Waals surface area contributed by atoms with Crippen molar-refractivity contribution in [2.75, 3.05) is 18.5 Å². The van der Waals surface area contributed by atoms with E-state index >= 15 is 0 Å². The zero-order chi connectivity index (χ0) is 35.3. The predicted molar refractivity (Wildman–Crippen MR) is 199 cm³/mol. The smallest absolute Gasteiger partial charge is 0.328 e. The lowest BCUT2D eigenvalue weighted by molar-refractivity contribution is -0.131. The standard InChI is InChI=1S/C40H51N5O5/c41-40-43-18-15-36(45-40)35(25-39(49)50)37(44-38-10-5-17-42-38)24-31-14-13-30-22-29-12-11-27(16-20-47)21-32(29)23-34(30)33(31)9-4-2-1-3-7-28(26-48)8-6-19-46/h5,10-14,17,20-23,25-26,28,31,33,36-37,42,44,46H,1-4,6-9,15-16,18-19,24H2,(H,49,50)(H3,41,43,45). The summed E-state index contributed by atoms with van der Waals surface area (Å²) < 4.78 is 0. The Bertz CT molecular complexity index is 1680. The van der Waals surface area contributed by atoms with Crippen LogP contribution in [0.2, 0.25) is 0 Å². The van der Waals surface area contributed by atoms with Crippen LogP contribution in [0.4, 0.5) is 5.82 Å². The van der Waals surface area contributed by atoms with Crippen molar-refractivity contribution in [2.45, 2.75) is 88.6 Å². The van der Waals surface area contributed by atoms with Gasteiger partial charge in [-0.05, 0) is 102 Å². The van der Waals surface area contributed by atoms with Crippen molar-refractivity contribution in [1.82, 2.24) is 10.3 Å². The van der Waals surface area contributed by atoms with Gasteiger partial charge in [0.2, 0.25) is 0 Å². The number of aliphatic imine (C=N–C) groups is 1. The Morgan fingerprint density at radius 2 is 1.90 bits per heavy atom. The highest BCUT2D eigenvalue weighted by atomic mass is 16.4. The first kappa shape index (κ1) is 36.6. The van der Waals surface area contributed by atoms with Gasteiger partial charge in [0, 0.05) is 37.8 Å². The number of hydrogen-bond donors (Lipinski definition) is 6. The Morgan fingerprint density at radius 1 is 1.06 bits per heavy atom. The Kier molecular flexibility index (Phi) is 13.4. The first-order chi connectivity index (χ1) is 24.4. The van der Waals surface area contributed by atoms with Crippen LogP contribution in [-0.2, 0) is 20.8 Å². The average molecular weight is 682 g/mol. The lowest BCUT2D eigenvalue weighted by atomic mass is 9.72. The van der Waals surface area contributed by atoms with Crippen molar-refractivity contribution < 1.29 is 24.6 Å². The number of aromatic amines is 1. The van der Waals surface area contributed by atoms with Crippen molar-refractivity contribution in [1.29, 1.82) is 0 Å². The number of nitrogens with one attached hydrogen (secondary N) is 3. The molecule has 5 atom stereocenters. The van der Waals surface area contributed by atoms with Gasteiger partial charge in [-0.3, -0.25) is 4.99 Å². The summed E-state index contributed by atoms with van der Waals surface area (Å²) in [7, 11) is 0. The highest BCUT2D eigenvalue weighted by Crippen LogP contribution is 2.43. The molecule has 0 saturated heterocycles. The predicted octanol–water partition coefficient (Wildman–Crippen LogP) is 6.12. The summed E-state index contributed by atoms with van der Waals surface area (Å²) in [5.41, 5.74) is 10.3. The Morgan fingerprint density at radius 3 is 2.64 bits per heavy atom. The molecular weight excluding hydrogens is 630 g/mol. The fourth-order valence-electron chi connectivity index (χ4n) is 7.64. The number of allylic oxidation sites excluding steroid dienone is 1. The van der Waals surface area contributed by atoms with E-state index < -0.39 is 5.97 Å². The number of rotatable bonds is 20. The van der Waals surface area contributed by atoms with E-state index in [1.54, 1.807) is 0 Å². The molecular formula is C40H51N5O5. The number of anilines is 1. The van der Waals surface area contributed by atoms with E-state index in [9.17, 15) is 19.5 Å². The lowest BCUT2D eigenvalue weighted by Gasteiger charge is -2.36. The second-order valence-electron chi connectivity index (χ2n) is 13.7. The number of nitrogens with zero attached hydrogens (tertiary/aromatic N) is 1. The number of fused-ring (bicyclic) bond motifs is 2. The van der Waals surface area contributed by atoms with Crippen LogP contribution >= 0.6 is 0 Å². The first-order valence-corrected chi connectivity index (χ1v) is 18.0. The fourth-order valence-corrected chi connectivity index (χ4v) is 7.64. The van der Waals surface area contributed by atoms with Gasteiger partial charge in [0.15, 0.2) is 5.96 Å². The van der Waals surface area contributed by atoms with E-state index in [4.69, 9.17) is 10.8 Å². The summed E-state index contributed by atoms with van der Waals surface area (Å²) in [6.07, 6.45) is 18.6. The van der Waals surface area contributed by atoms with Crippen LogP contribution in [-0.4, -0.2) is 64.9 Å². The molecule has 7 N–H and O–H groups in total. The number of nitrogens with two attached hydrogens (primary N) is 1. The van der Waals surface area contributed by atoms with Crippen molar-refractivity contribution in [3.05, 3.63) is 83.1 Å². The highest BCUT2D eigenvalue weighted by Gasteiger charge is 2.33. The molecule has 10 nitrogen and oxygen atoms in total. The zero-order valence-corrected chi connectivity index (χ0v) is 28.7. The number of aliphatic hydroxyl groups excluding tert-OH is 1. The molecule has 1 aliphatic heterocycles. The number of aromatic nitrogens is 1. The summed E-state index contributed by atoms with van der Waals surface area (Å²) in [6, 6.07) is 14.0. The van der Waals surface area contributed by atoms with Gasteiger partial charge in [-0.15, -0.1) is 0 Å². The summed E-state index contributed by atoms with van der Waals surface area (Å²) in [4.78, 5) is 42.5. The number of carbonyl (C=O) groups excluding carboxylic acids is 2. The maximum Gasteiger partial charge on any atom is 0.328 e. The van der Waals surface area contributed by atoms with Gasteiger partial charge < -0.3 is 41.2 Å². The number of guanidine groups is 1. The molecule has 50 heavy (non-hydrogen) atoms. The zero-order valence-electron chi connectivity index (χ0n) is 28.7. The molecule has 0 fully saturated rings. The Hall–Kier alpha value is -4.70. The first-order valence-electron chi connectivity index (χ1n) is 18.0. The van der Waals surface area contributed by atoms with Gasteiger partial charge >= 0.3 is 5.97 Å². The monoisotopic (exact) mass is 681 g/mol. The number of benzene rings is 2. The van der Waals surface area contributed by atoms with Crippen LogP contribution in [0.3, 0.4) is 0 Å². The van der Waals surface area contributed by atoms with Crippen LogP contribution in [0.15, 0.2) is 71.4 Å². The van der Waals surface area contributed by atoms with E-state index in [0.29, 0.717) is 38.2 Å². The maximum absolute atomic E-state index is 12.2. The van der Waals surface area contributed by atoms with Gasteiger partial charge in [0.1, 0.15) is 18.4 Å². The van der Waals surface area contributed by atoms with Gasteiger partial charge in [-0.25, -0.2) is 4.79 Å². The van der Waals surface area contributed by atoms with Gasteiger partial charge in [0.25, 0.3) is 0 Å². The van der Waals surface area contributed by atoms with E-state index in [0.717, 1.165) is 85.2 Å². The second-order valence-corrected chi connectivity index (χ2v) is 13.7. The number of H-pyrrole nitrogens is 1. The third-order valence-electron chi connectivity index (χ3n) is 10.2. The molecule has 1 aliphatic carbocycles. The third kappa shape index (κ3) is 9.94. The van der Waals surface area contributed by atoms with Crippen molar-refractivity contribution in [3.63, 3.8) is 0 Å². The van der Waals surface area contributed by atoms with E-state index in [1.165, 1.54) is 17.2 Å². The van der Waals surface area contributed by atoms with Crippen LogP contribution in [0.5, 0.6) is 0 Å². The molecule has 5 rings (SSSR count). The highest BCUT2D eigenvalue weighted by molar-refractivity contribution is 5.88. The molecule has 266 valence electrons. The largest absolute Gasteiger partial charge is 0.478 e. The number of unbranched alkanes of at least 4 members (excludes halogenated alkanes) is 3. The van der Waals surface area contributed by atoms with Gasteiger partial charge in [-0.2, -0.15) is 0 Å². The summed E-state index contributed by atoms with van der Waals surface area (Å²) in [6.45, 7) is 0.633. The number of carboxylic acid groups (broad SMARTS) is 1. The number of aliphatic hydroxyl groups is 1. The van der Waals surface area contributed by atoms with Crippen molar-refractivity contribution >= 4 is 47.2 Å². The summed E-state index contributed by atoms with van der Waals surface area (Å²) in [5, 5.41) is 28.2. The molecule has 0 spiro atoms. The molecule has 0 amide bonds. The minimum absolute atomic E-state index is 0.0108. The maximum atomic E-state index is 12.2. The molecule has 0 bridgehead atoms. The normalized spacial score (nSPS) is 20.0. The van der Waals surface area contributed by atoms with Crippen molar-refractivity contribution in [3.8, 4) is 0 Å². The number of aliphatic carboxylic acids is 1. The van der Waals surface area contributed by atoms with Gasteiger partial charge in [0.05, 0.1) is 12.1 Å². The topological polar surface area (TPSA) is 170 Å². The summed E-state index contributed by atoms with van der Waals surface area (Å²) >= 11 is 0. The van der Waals surface area contributed by atoms with E-state index in [-0.39, 0.29) is 36.4 Å². The minimum Gasteiger partial charge on any atom is -0.478 e. The third-order valence-corrected chi connectivity index (χ3v) is 10.2. The SMILES string of the molecule is NC1=NCCC(C(=CC(=O)O)C(CC2C=Cc3cc4ccc(CC=O)cc4cc3C2CCCCCCC(C=O)CCCO)Nc2ccc[nH]2)N1. The van der Waals surface area contributed by atoms with E-state index in [1.807, 2.05) is 24.4 Å². The number of carboxylic acids is 1. The minimum atomic E-state index is -1.01. The summed E-state index contributed by atoms with van der Waals surface area (Å²) in [5.74, 6) is 0.419. The molecule has 0 radical (unpaired) electrons. The molecule has 2 heterocycles. The lowest BCUT2D eigenvalue weighted by Crippen LogP contribution is -2.48. The Balaban J connectivity index is 1.42. The average Bonchev–Trinajstić information content (AvgIpc) is 3.63. The number of carbonyl (C=O) groups is 3. The molecule has 2 aliphatic rings. The van der Waals surface area contributed by atoms with E-state index in [2.05, 4.69) is 57.0 Å². The Labute approximate surface area is 294 Å². The van der Waals surface area contributed by atoms with Crippen LogP contribution < -0.4 is 16.4 Å².